The fourth-order valence-corrected chi connectivity index (χ4v) is 2.44. The third kappa shape index (κ3) is 5.09. The van der Waals surface area contributed by atoms with Crippen molar-refractivity contribution >= 4 is 23.0 Å². The number of nitrogens with zero attached hydrogens (tertiary/aromatic N) is 2. The van der Waals surface area contributed by atoms with Gasteiger partial charge in [-0.25, -0.2) is 8.78 Å². The van der Waals surface area contributed by atoms with Crippen LogP contribution in [0.1, 0.15) is 11.1 Å². The molecule has 0 saturated carbocycles. The molecular formula is C18H16F2N4S. The van der Waals surface area contributed by atoms with Gasteiger partial charge in [0.25, 0.3) is 0 Å². The number of halogens is 2. The average Bonchev–Trinajstić information content (AvgIpc) is 3.03. The fraction of sp³-hybridized carbons (Fsp3) is 0.111. The van der Waals surface area contributed by atoms with Crippen LogP contribution in [0.4, 0.5) is 14.5 Å². The topological polar surface area (TPSA) is 41.9 Å². The summed E-state index contributed by atoms with van der Waals surface area (Å²) in [4.78, 5) is 0. The van der Waals surface area contributed by atoms with Crippen molar-refractivity contribution in [2.45, 2.75) is 13.1 Å². The van der Waals surface area contributed by atoms with E-state index in [9.17, 15) is 8.78 Å². The summed E-state index contributed by atoms with van der Waals surface area (Å²) < 4.78 is 27.5. The molecule has 1 heterocycles. The van der Waals surface area contributed by atoms with Crippen molar-refractivity contribution in [1.29, 1.82) is 0 Å². The third-order valence-corrected chi connectivity index (χ3v) is 3.76. The molecule has 0 saturated heterocycles. The van der Waals surface area contributed by atoms with E-state index in [1.807, 2.05) is 6.20 Å². The Labute approximate surface area is 149 Å². The molecule has 0 unspecified atom stereocenters. The normalized spacial score (nSPS) is 10.5. The van der Waals surface area contributed by atoms with Gasteiger partial charge in [0.1, 0.15) is 11.6 Å². The van der Waals surface area contributed by atoms with E-state index in [-0.39, 0.29) is 11.6 Å². The molecule has 2 N–H and O–H groups in total. The first-order valence-corrected chi connectivity index (χ1v) is 8.05. The summed E-state index contributed by atoms with van der Waals surface area (Å²) in [5, 5.41) is 10.8. The first kappa shape index (κ1) is 17.0. The molecule has 0 bridgehead atoms. The minimum atomic E-state index is -0.266. The molecule has 3 rings (SSSR count). The van der Waals surface area contributed by atoms with Gasteiger partial charge in [0, 0.05) is 12.7 Å². The maximum Gasteiger partial charge on any atom is 0.171 e. The van der Waals surface area contributed by atoms with Crippen LogP contribution in [0.25, 0.3) is 0 Å². The van der Waals surface area contributed by atoms with Gasteiger partial charge in [0.15, 0.2) is 5.11 Å². The summed E-state index contributed by atoms with van der Waals surface area (Å²) in [6.45, 7) is 1.04. The molecule has 0 aliphatic heterocycles. The summed E-state index contributed by atoms with van der Waals surface area (Å²) in [7, 11) is 0. The Hall–Kier alpha value is -2.80. The highest BCUT2D eigenvalue weighted by Crippen LogP contribution is 2.09. The SMILES string of the molecule is Fc1ccc(CNC(=S)Nc2cnn(Cc3ccc(F)cc3)c2)cc1. The number of anilines is 1. The second-order valence-electron chi connectivity index (χ2n) is 5.49. The zero-order valence-electron chi connectivity index (χ0n) is 13.2. The molecule has 25 heavy (non-hydrogen) atoms. The Kier molecular flexibility index (Phi) is 5.35. The van der Waals surface area contributed by atoms with Crippen molar-refractivity contribution in [3.05, 3.63) is 83.7 Å². The van der Waals surface area contributed by atoms with Crippen LogP contribution in [0.3, 0.4) is 0 Å². The average molecular weight is 358 g/mol. The first-order valence-electron chi connectivity index (χ1n) is 7.65. The van der Waals surface area contributed by atoms with Gasteiger partial charge < -0.3 is 10.6 Å². The lowest BCUT2D eigenvalue weighted by molar-refractivity contribution is 0.624. The molecule has 1 aromatic heterocycles. The van der Waals surface area contributed by atoms with E-state index in [0.717, 1.165) is 16.8 Å². The summed E-state index contributed by atoms with van der Waals surface area (Å²) in [6.07, 6.45) is 3.48. The van der Waals surface area contributed by atoms with Gasteiger partial charge in [-0.15, -0.1) is 0 Å². The second-order valence-corrected chi connectivity index (χ2v) is 5.90. The van der Waals surface area contributed by atoms with Gasteiger partial charge in [-0.1, -0.05) is 24.3 Å². The van der Waals surface area contributed by atoms with Crippen LogP contribution in [-0.4, -0.2) is 14.9 Å². The number of thiocarbonyl (C=S) groups is 1. The smallest absolute Gasteiger partial charge is 0.171 e. The molecule has 0 spiro atoms. The minimum absolute atomic E-state index is 0.260. The summed E-state index contributed by atoms with van der Waals surface area (Å²) >= 11 is 5.24. The highest BCUT2D eigenvalue weighted by atomic mass is 32.1. The molecule has 3 aromatic rings. The number of aromatic nitrogens is 2. The van der Waals surface area contributed by atoms with Crippen LogP contribution in [0, 0.1) is 11.6 Å². The molecular weight excluding hydrogens is 342 g/mol. The molecule has 0 atom stereocenters. The zero-order chi connectivity index (χ0) is 17.6. The van der Waals surface area contributed by atoms with Gasteiger partial charge in [0.05, 0.1) is 18.4 Å². The van der Waals surface area contributed by atoms with E-state index in [1.165, 1.54) is 24.3 Å². The van der Waals surface area contributed by atoms with E-state index in [2.05, 4.69) is 15.7 Å². The van der Waals surface area contributed by atoms with Crippen LogP contribution < -0.4 is 10.6 Å². The molecule has 128 valence electrons. The van der Waals surface area contributed by atoms with Crippen molar-refractivity contribution < 1.29 is 8.78 Å². The van der Waals surface area contributed by atoms with Crippen molar-refractivity contribution in [2.75, 3.05) is 5.32 Å². The van der Waals surface area contributed by atoms with Gasteiger partial charge >= 0.3 is 0 Å². The molecule has 0 aliphatic carbocycles. The van der Waals surface area contributed by atoms with Crippen LogP contribution >= 0.6 is 12.2 Å². The summed E-state index contributed by atoms with van der Waals surface area (Å²) in [6, 6.07) is 12.5. The number of nitrogens with one attached hydrogen (secondary N) is 2. The second kappa shape index (κ2) is 7.85. The van der Waals surface area contributed by atoms with Gasteiger partial charge in [0.2, 0.25) is 0 Å². The number of hydrogen-bond acceptors (Lipinski definition) is 2. The Morgan fingerprint density at radius 2 is 1.56 bits per heavy atom. The molecule has 0 fully saturated rings. The van der Waals surface area contributed by atoms with E-state index >= 15 is 0 Å². The van der Waals surface area contributed by atoms with Crippen molar-refractivity contribution in [1.82, 2.24) is 15.1 Å². The Morgan fingerprint density at radius 3 is 2.20 bits per heavy atom. The molecule has 0 radical (unpaired) electrons. The van der Waals surface area contributed by atoms with Crippen LogP contribution in [0.5, 0.6) is 0 Å². The Balaban J connectivity index is 1.51. The molecule has 4 nitrogen and oxygen atoms in total. The highest BCUT2D eigenvalue weighted by molar-refractivity contribution is 7.80. The molecule has 0 amide bonds. The highest BCUT2D eigenvalue weighted by Gasteiger charge is 2.03. The van der Waals surface area contributed by atoms with E-state index in [4.69, 9.17) is 12.2 Å². The summed E-state index contributed by atoms with van der Waals surface area (Å²) in [5.41, 5.74) is 2.63. The van der Waals surface area contributed by atoms with Crippen molar-refractivity contribution in [2.24, 2.45) is 0 Å². The lowest BCUT2D eigenvalue weighted by atomic mass is 10.2. The van der Waals surface area contributed by atoms with Gasteiger partial charge in [-0.05, 0) is 47.6 Å². The fourth-order valence-electron chi connectivity index (χ4n) is 2.25. The largest absolute Gasteiger partial charge is 0.358 e. The lowest BCUT2D eigenvalue weighted by Gasteiger charge is -2.09. The van der Waals surface area contributed by atoms with E-state index in [0.29, 0.717) is 18.2 Å². The zero-order valence-corrected chi connectivity index (χ0v) is 14.1. The number of hydrogen-bond donors (Lipinski definition) is 2. The molecule has 2 aromatic carbocycles. The lowest BCUT2D eigenvalue weighted by Crippen LogP contribution is -2.27. The van der Waals surface area contributed by atoms with Crippen LogP contribution in [0.15, 0.2) is 60.9 Å². The van der Waals surface area contributed by atoms with Crippen LogP contribution in [-0.2, 0) is 13.1 Å². The van der Waals surface area contributed by atoms with E-state index < -0.39 is 0 Å². The number of benzene rings is 2. The van der Waals surface area contributed by atoms with Crippen molar-refractivity contribution in [3.63, 3.8) is 0 Å². The Bertz CT molecular complexity index is 844. The van der Waals surface area contributed by atoms with Crippen LogP contribution in [0.2, 0.25) is 0 Å². The number of rotatable bonds is 5. The minimum Gasteiger partial charge on any atom is -0.358 e. The molecule has 0 aliphatic rings. The van der Waals surface area contributed by atoms with Gasteiger partial charge in [-0.2, -0.15) is 5.10 Å². The monoisotopic (exact) mass is 358 g/mol. The predicted molar refractivity (Wildman–Crippen MR) is 97.2 cm³/mol. The van der Waals surface area contributed by atoms with Gasteiger partial charge in [-0.3, -0.25) is 4.68 Å². The predicted octanol–water partition coefficient (Wildman–Crippen LogP) is 3.70. The summed E-state index contributed by atoms with van der Waals surface area (Å²) in [5.74, 6) is -0.526. The first-order chi connectivity index (χ1) is 12.1. The Morgan fingerprint density at radius 1 is 0.960 bits per heavy atom. The molecule has 7 heteroatoms. The third-order valence-electron chi connectivity index (χ3n) is 3.52. The van der Waals surface area contributed by atoms with E-state index in [1.54, 1.807) is 35.1 Å². The quantitative estimate of drug-likeness (QED) is 0.683. The standard InChI is InChI=1S/C18H16F2N4S/c19-15-5-1-13(2-6-15)9-21-18(25)23-17-10-22-24(12-17)11-14-3-7-16(20)8-4-14/h1-8,10,12H,9,11H2,(H2,21,23,25). The maximum absolute atomic E-state index is 12.9. The maximum atomic E-state index is 12.9. The van der Waals surface area contributed by atoms with Crippen molar-refractivity contribution in [3.8, 4) is 0 Å².